The zero-order chi connectivity index (χ0) is 29.7. The Labute approximate surface area is 227 Å². The van der Waals surface area contributed by atoms with Gasteiger partial charge in [-0.1, -0.05) is 13.8 Å². The molecule has 1 saturated heterocycles. The molecule has 1 aliphatic heterocycles. The molecule has 12 heteroatoms. The van der Waals surface area contributed by atoms with Crippen LogP contribution in [0.5, 0.6) is 0 Å². The number of rotatable bonds is 8. The summed E-state index contributed by atoms with van der Waals surface area (Å²) in [6.45, 7) is 10.9. The molecule has 1 heterocycles. The first-order valence-electron chi connectivity index (χ1n) is 12.6. The number of hydrogen-bond donors (Lipinski definition) is 1. The van der Waals surface area contributed by atoms with Crippen LogP contribution in [0.3, 0.4) is 0 Å². The summed E-state index contributed by atoms with van der Waals surface area (Å²) >= 11 is 0. The van der Waals surface area contributed by atoms with Crippen LogP contribution in [0, 0.1) is 5.41 Å². The molecule has 7 atom stereocenters. The molecule has 0 radical (unpaired) electrons. The van der Waals surface area contributed by atoms with Crippen LogP contribution in [-0.4, -0.2) is 83.8 Å². The molecule has 39 heavy (non-hydrogen) atoms. The Balaban J connectivity index is 2.49. The van der Waals surface area contributed by atoms with E-state index in [1.54, 1.807) is 6.92 Å². The monoisotopic (exact) mass is 554 g/mol. The summed E-state index contributed by atoms with van der Waals surface area (Å²) in [5.74, 6) is -3.09. The van der Waals surface area contributed by atoms with Gasteiger partial charge in [0.25, 0.3) is 0 Å². The molecule has 0 amide bonds. The fraction of sp³-hybridized carbons (Fsp3) is 0.704. The largest absolute Gasteiger partial charge is 0.463 e. The molecule has 2 rings (SSSR count). The Hall–Kier alpha value is -3.05. The van der Waals surface area contributed by atoms with E-state index in [1.807, 2.05) is 13.8 Å². The second kappa shape index (κ2) is 12.9. The molecule has 2 aliphatic rings. The standard InChI is InChI=1S/C27H38O12/c1-14(28)9-10-21-26(6,7)11-19(12-27(21,8)33)38-25-24(37-18(5)32)23(36-17(4)31)22(35-16(3)30)20(39-25)13-34-15(2)29/h9,19-20,22-25,33H,11-13H2,1-8H3. The van der Waals surface area contributed by atoms with Gasteiger partial charge in [-0.05, 0) is 25.7 Å². The van der Waals surface area contributed by atoms with Gasteiger partial charge >= 0.3 is 23.9 Å². The molecule has 1 aliphatic carbocycles. The summed E-state index contributed by atoms with van der Waals surface area (Å²) < 4.78 is 33.6. The smallest absolute Gasteiger partial charge is 0.303 e. The van der Waals surface area contributed by atoms with Crippen molar-refractivity contribution in [3.8, 4) is 0 Å². The van der Waals surface area contributed by atoms with Crippen LogP contribution in [-0.2, 0) is 52.4 Å². The predicted molar refractivity (Wildman–Crippen MR) is 133 cm³/mol. The predicted octanol–water partition coefficient (Wildman–Crippen LogP) is 1.70. The van der Waals surface area contributed by atoms with Gasteiger partial charge in [-0.3, -0.25) is 24.0 Å². The first-order chi connectivity index (χ1) is 17.9. The number of ketones is 1. The van der Waals surface area contributed by atoms with Crippen LogP contribution in [0.2, 0.25) is 0 Å². The molecular formula is C27H38O12. The zero-order valence-electron chi connectivity index (χ0n) is 23.6. The van der Waals surface area contributed by atoms with Gasteiger partial charge in [0.2, 0.25) is 0 Å². The van der Waals surface area contributed by atoms with Crippen molar-refractivity contribution in [2.75, 3.05) is 6.61 Å². The maximum Gasteiger partial charge on any atom is 0.303 e. The highest BCUT2D eigenvalue weighted by molar-refractivity contribution is 5.87. The van der Waals surface area contributed by atoms with E-state index < -0.39 is 71.7 Å². The van der Waals surface area contributed by atoms with Gasteiger partial charge in [-0.25, -0.2) is 0 Å². The molecule has 1 N–H and O–H groups in total. The average Bonchev–Trinajstić information content (AvgIpc) is 2.73. The number of carbonyl (C=O) groups is 5. The first kappa shape index (κ1) is 32.2. The third-order valence-electron chi connectivity index (χ3n) is 6.27. The van der Waals surface area contributed by atoms with E-state index in [-0.39, 0.29) is 18.8 Å². The Bertz CT molecular complexity index is 1020. The summed E-state index contributed by atoms with van der Waals surface area (Å²) in [5, 5.41) is 11.3. The van der Waals surface area contributed by atoms with Crippen molar-refractivity contribution in [1.82, 2.24) is 0 Å². The molecule has 0 aromatic heterocycles. The lowest BCUT2D eigenvalue weighted by Crippen LogP contribution is -2.63. The van der Waals surface area contributed by atoms with E-state index in [0.29, 0.717) is 12.0 Å². The molecule has 0 bridgehead atoms. The van der Waals surface area contributed by atoms with Crippen molar-refractivity contribution in [3.63, 3.8) is 0 Å². The van der Waals surface area contributed by atoms with Crippen LogP contribution in [0.15, 0.2) is 17.4 Å². The topological polar surface area (TPSA) is 161 Å². The SMILES string of the molecule is CC(=O)C=C=C1C(C)(C)CC(OC2OC(COC(C)=O)C(OC(C)=O)C(OC(C)=O)C2OC(C)=O)CC1(C)O. The minimum Gasteiger partial charge on any atom is -0.463 e. The second-order valence-corrected chi connectivity index (χ2v) is 10.7. The van der Waals surface area contributed by atoms with Crippen LogP contribution in [0.1, 0.15) is 68.2 Å². The van der Waals surface area contributed by atoms with Crippen LogP contribution >= 0.6 is 0 Å². The van der Waals surface area contributed by atoms with E-state index in [1.165, 1.54) is 19.9 Å². The quantitative estimate of drug-likeness (QED) is 0.200. The normalized spacial score (nSPS) is 31.8. The average molecular weight is 555 g/mol. The lowest BCUT2D eigenvalue weighted by atomic mass is 9.65. The summed E-state index contributed by atoms with van der Waals surface area (Å²) in [6.07, 6.45) is -5.52. The van der Waals surface area contributed by atoms with Crippen LogP contribution < -0.4 is 0 Å². The lowest BCUT2D eigenvalue weighted by molar-refractivity contribution is -0.321. The minimum atomic E-state index is -1.42. The molecule has 7 unspecified atom stereocenters. The molecule has 1 saturated carbocycles. The Morgan fingerprint density at radius 2 is 1.41 bits per heavy atom. The van der Waals surface area contributed by atoms with Gasteiger partial charge in [-0.2, -0.15) is 0 Å². The Morgan fingerprint density at radius 1 is 0.872 bits per heavy atom. The van der Waals surface area contributed by atoms with Gasteiger partial charge in [-0.15, -0.1) is 5.73 Å². The van der Waals surface area contributed by atoms with Gasteiger partial charge in [0.1, 0.15) is 12.7 Å². The number of aliphatic hydroxyl groups is 1. The van der Waals surface area contributed by atoms with Gasteiger partial charge in [0.15, 0.2) is 30.4 Å². The highest BCUT2D eigenvalue weighted by Crippen LogP contribution is 2.47. The third-order valence-corrected chi connectivity index (χ3v) is 6.27. The molecule has 218 valence electrons. The highest BCUT2D eigenvalue weighted by Gasteiger charge is 2.54. The van der Waals surface area contributed by atoms with Gasteiger partial charge in [0.05, 0.1) is 11.7 Å². The van der Waals surface area contributed by atoms with Crippen LogP contribution in [0.4, 0.5) is 0 Å². The number of ether oxygens (including phenoxy) is 6. The summed E-state index contributed by atoms with van der Waals surface area (Å²) in [6, 6.07) is 0. The van der Waals surface area contributed by atoms with Crippen molar-refractivity contribution in [3.05, 3.63) is 17.4 Å². The van der Waals surface area contributed by atoms with Crippen molar-refractivity contribution in [2.45, 2.75) is 111 Å². The maximum absolute atomic E-state index is 12.0. The van der Waals surface area contributed by atoms with E-state index in [0.717, 1.165) is 20.8 Å². The lowest BCUT2D eigenvalue weighted by Gasteiger charge is -2.48. The van der Waals surface area contributed by atoms with Gasteiger partial charge < -0.3 is 33.5 Å². The minimum absolute atomic E-state index is 0.0668. The Kier molecular flexibility index (Phi) is 10.6. The van der Waals surface area contributed by atoms with Crippen molar-refractivity contribution in [2.24, 2.45) is 5.41 Å². The van der Waals surface area contributed by atoms with E-state index >= 15 is 0 Å². The fourth-order valence-electron chi connectivity index (χ4n) is 5.13. The molecule has 0 spiro atoms. The molecule has 0 aromatic rings. The highest BCUT2D eigenvalue weighted by atomic mass is 16.7. The molecule has 0 aromatic carbocycles. The Morgan fingerprint density at radius 3 is 1.90 bits per heavy atom. The number of esters is 4. The van der Waals surface area contributed by atoms with Gasteiger partial charge in [0, 0.05) is 45.8 Å². The number of carbonyl (C=O) groups excluding carboxylic acids is 5. The van der Waals surface area contributed by atoms with Crippen molar-refractivity contribution in [1.29, 1.82) is 0 Å². The van der Waals surface area contributed by atoms with E-state index in [4.69, 9.17) is 28.4 Å². The number of hydrogen-bond acceptors (Lipinski definition) is 12. The second-order valence-electron chi connectivity index (χ2n) is 10.7. The third kappa shape index (κ3) is 8.99. The summed E-state index contributed by atoms with van der Waals surface area (Å²) in [7, 11) is 0. The maximum atomic E-state index is 12.0. The molecule has 12 nitrogen and oxygen atoms in total. The van der Waals surface area contributed by atoms with Crippen molar-refractivity contribution < 1.29 is 57.5 Å². The van der Waals surface area contributed by atoms with Crippen molar-refractivity contribution >= 4 is 29.7 Å². The summed E-state index contributed by atoms with van der Waals surface area (Å²) in [5.41, 5.74) is 1.36. The van der Waals surface area contributed by atoms with E-state index in [2.05, 4.69) is 5.73 Å². The first-order valence-corrected chi connectivity index (χ1v) is 12.6. The molecule has 2 fully saturated rings. The zero-order valence-corrected chi connectivity index (χ0v) is 23.6. The molecular weight excluding hydrogens is 516 g/mol. The van der Waals surface area contributed by atoms with Crippen LogP contribution in [0.25, 0.3) is 0 Å². The fourth-order valence-corrected chi connectivity index (χ4v) is 5.13. The summed E-state index contributed by atoms with van der Waals surface area (Å²) in [4.78, 5) is 59.0. The van der Waals surface area contributed by atoms with E-state index in [9.17, 15) is 29.1 Å².